The summed E-state index contributed by atoms with van der Waals surface area (Å²) >= 11 is 0. The minimum absolute atomic E-state index is 0.108. The number of ether oxygens (including phenoxy) is 2. The van der Waals surface area contributed by atoms with E-state index in [0.717, 1.165) is 48.9 Å². The Morgan fingerprint density at radius 1 is 0.923 bits per heavy atom. The van der Waals surface area contributed by atoms with Crippen molar-refractivity contribution in [2.45, 2.75) is 6.04 Å². The Balaban J connectivity index is 1.60. The highest BCUT2D eigenvalue weighted by Gasteiger charge is 2.27. The van der Waals surface area contributed by atoms with Gasteiger partial charge in [0.2, 0.25) is 6.79 Å². The average Bonchev–Trinajstić information content (AvgIpc) is 3.17. The van der Waals surface area contributed by atoms with Crippen molar-refractivity contribution in [2.24, 2.45) is 0 Å². The third kappa shape index (κ3) is 2.79. The van der Waals surface area contributed by atoms with Gasteiger partial charge in [0.1, 0.15) is 0 Å². The number of nitrogens with one attached hydrogen (secondary N) is 1. The number of pyridine rings is 1. The summed E-state index contributed by atoms with van der Waals surface area (Å²) < 4.78 is 11.1. The number of para-hydroxylation sites is 1. The van der Waals surface area contributed by atoms with Crippen molar-refractivity contribution < 1.29 is 9.47 Å². The molecule has 2 aliphatic heterocycles. The average molecular weight is 347 g/mol. The quantitative estimate of drug-likeness (QED) is 0.789. The maximum absolute atomic E-state index is 5.61. The Hall–Kier alpha value is -2.63. The van der Waals surface area contributed by atoms with E-state index in [1.165, 1.54) is 10.9 Å². The molecule has 0 radical (unpaired) electrons. The largest absolute Gasteiger partial charge is 0.454 e. The summed E-state index contributed by atoms with van der Waals surface area (Å²) in [6.07, 6.45) is 0. The number of rotatable bonds is 3. The monoisotopic (exact) mass is 347 g/mol. The number of hydrogen-bond acceptors (Lipinski definition) is 5. The van der Waals surface area contributed by atoms with Crippen LogP contribution in [0.1, 0.15) is 17.3 Å². The van der Waals surface area contributed by atoms with Crippen LogP contribution in [-0.4, -0.2) is 42.9 Å². The normalized spacial score (nSPS) is 18.2. The first-order valence-electron chi connectivity index (χ1n) is 9.08. The first-order chi connectivity index (χ1) is 12.9. The molecule has 1 fully saturated rings. The minimum atomic E-state index is 0.108. The summed E-state index contributed by atoms with van der Waals surface area (Å²) in [6, 6.07) is 18.9. The molecule has 0 aliphatic carbocycles. The fraction of sp³-hybridized carbons (Fsp3) is 0.286. The van der Waals surface area contributed by atoms with Gasteiger partial charge in [0, 0.05) is 31.6 Å². The predicted molar refractivity (Wildman–Crippen MR) is 101 cm³/mol. The van der Waals surface area contributed by atoms with Crippen molar-refractivity contribution in [2.75, 3.05) is 33.0 Å². The van der Waals surface area contributed by atoms with Gasteiger partial charge in [0.15, 0.2) is 11.5 Å². The smallest absolute Gasteiger partial charge is 0.231 e. The van der Waals surface area contributed by atoms with Crippen LogP contribution in [0.4, 0.5) is 0 Å². The Labute approximate surface area is 152 Å². The SMILES string of the molecule is c1ccc2nc(C(c3ccc4c(c3)OCO4)N3CCNCC3)ccc2c1. The van der Waals surface area contributed by atoms with Crippen molar-refractivity contribution in [1.29, 1.82) is 0 Å². The van der Waals surface area contributed by atoms with Crippen LogP contribution in [0, 0.1) is 0 Å². The number of piperazine rings is 1. The molecule has 1 N–H and O–H groups in total. The van der Waals surface area contributed by atoms with E-state index >= 15 is 0 Å². The van der Waals surface area contributed by atoms with Gasteiger partial charge >= 0.3 is 0 Å². The molecule has 0 spiro atoms. The van der Waals surface area contributed by atoms with Crippen molar-refractivity contribution in [3.63, 3.8) is 0 Å². The molecule has 2 aliphatic rings. The Bertz CT molecular complexity index is 937. The molecule has 132 valence electrons. The number of nitrogens with zero attached hydrogens (tertiary/aromatic N) is 2. The molecule has 0 amide bonds. The van der Waals surface area contributed by atoms with Crippen LogP contribution < -0.4 is 14.8 Å². The third-order valence-electron chi connectivity index (χ3n) is 5.13. The second-order valence-corrected chi connectivity index (χ2v) is 6.73. The highest BCUT2D eigenvalue weighted by Crippen LogP contribution is 2.37. The van der Waals surface area contributed by atoms with E-state index in [4.69, 9.17) is 14.5 Å². The molecule has 3 aromatic rings. The van der Waals surface area contributed by atoms with Crippen LogP contribution in [0.2, 0.25) is 0 Å². The zero-order valence-corrected chi connectivity index (χ0v) is 14.5. The maximum Gasteiger partial charge on any atom is 0.231 e. The van der Waals surface area contributed by atoms with E-state index in [2.05, 4.69) is 52.7 Å². The lowest BCUT2D eigenvalue weighted by Gasteiger charge is -2.35. The summed E-state index contributed by atoms with van der Waals surface area (Å²) in [5, 5.41) is 4.60. The summed E-state index contributed by atoms with van der Waals surface area (Å²) in [4.78, 5) is 7.48. The molecule has 26 heavy (non-hydrogen) atoms. The van der Waals surface area contributed by atoms with Gasteiger partial charge in [-0.25, -0.2) is 0 Å². The molecule has 1 aromatic heterocycles. The van der Waals surface area contributed by atoms with Crippen molar-refractivity contribution in [3.05, 3.63) is 65.9 Å². The van der Waals surface area contributed by atoms with Gasteiger partial charge in [-0.3, -0.25) is 9.88 Å². The molecule has 0 bridgehead atoms. The van der Waals surface area contributed by atoms with E-state index in [0.29, 0.717) is 6.79 Å². The molecule has 3 heterocycles. The topological polar surface area (TPSA) is 46.6 Å². The van der Waals surface area contributed by atoms with Crippen LogP contribution in [0.15, 0.2) is 54.6 Å². The second-order valence-electron chi connectivity index (χ2n) is 6.73. The Morgan fingerprint density at radius 3 is 2.69 bits per heavy atom. The van der Waals surface area contributed by atoms with Gasteiger partial charge in [-0.1, -0.05) is 30.3 Å². The molecule has 0 saturated carbocycles. The standard InChI is InChI=1S/C21H21N3O2/c1-2-4-17-15(3-1)5-7-18(23-17)21(24-11-9-22-10-12-24)16-6-8-19-20(13-16)26-14-25-19/h1-8,13,21-22H,9-12,14H2. The minimum Gasteiger partial charge on any atom is -0.454 e. The van der Waals surface area contributed by atoms with Crippen LogP contribution in [-0.2, 0) is 0 Å². The Morgan fingerprint density at radius 2 is 1.77 bits per heavy atom. The van der Waals surface area contributed by atoms with Crippen molar-refractivity contribution in [3.8, 4) is 11.5 Å². The van der Waals surface area contributed by atoms with E-state index in [9.17, 15) is 0 Å². The summed E-state index contributed by atoms with van der Waals surface area (Å²) in [5.74, 6) is 1.64. The van der Waals surface area contributed by atoms with Gasteiger partial charge in [-0.05, 0) is 29.8 Å². The highest BCUT2D eigenvalue weighted by atomic mass is 16.7. The first kappa shape index (κ1) is 15.6. The zero-order chi connectivity index (χ0) is 17.3. The summed E-state index contributed by atoms with van der Waals surface area (Å²) in [5.41, 5.74) is 3.30. The molecule has 1 atom stereocenters. The fourth-order valence-corrected chi connectivity index (χ4v) is 3.83. The summed E-state index contributed by atoms with van der Waals surface area (Å²) in [6.45, 7) is 4.27. The Kier molecular flexibility index (Phi) is 3.96. The van der Waals surface area contributed by atoms with Gasteiger partial charge in [-0.2, -0.15) is 0 Å². The number of hydrogen-bond donors (Lipinski definition) is 1. The van der Waals surface area contributed by atoms with Gasteiger partial charge in [0.25, 0.3) is 0 Å². The van der Waals surface area contributed by atoms with Crippen LogP contribution in [0.3, 0.4) is 0 Å². The fourth-order valence-electron chi connectivity index (χ4n) is 3.83. The predicted octanol–water partition coefficient (Wildman–Crippen LogP) is 2.96. The number of fused-ring (bicyclic) bond motifs is 2. The lowest BCUT2D eigenvalue weighted by molar-refractivity contribution is 0.173. The van der Waals surface area contributed by atoms with E-state index < -0.39 is 0 Å². The van der Waals surface area contributed by atoms with E-state index in [1.54, 1.807) is 0 Å². The highest BCUT2D eigenvalue weighted by molar-refractivity contribution is 5.78. The van der Waals surface area contributed by atoms with Crippen molar-refractivity contribution in [1.82, 2.24) is 15.2 Å². The van der Waals surface area contributed by atoms with Gasteiger partial charge < -0.3 is 14.8 Å². The van der Waals surface area contributed by atoms with E-state index in [-0.39, 0.29) is 6.04 Å². The second kappa shape index (κ2) is 6.59. The molecule has 5 rings (SSSR count). The van der Waals surface area contributed by atoms with Crippen LogP contribution >= 0.6 is 0 Å². The number of benzene rings is 2. The summed E-state index contributed by atoms with van der Waals surface area (Å²) in [7, 11) is 0. The molecular weight excluding hydrogens is 326 g/mol. The molecule has 1 saturated heterocycles. The lowest BCUT2D eigenvalue weighted by atomic mass is 9.99. The zero-order valence-electron chi connectivity index (χ0n) is 14.5. The first-order valence-corrected chi connectivity index (χ1v) is 9.08. The molecule has 5 heteroatoms. The van der Waals surface area contributed by atoms with Gasteiger partial charge in [-0.15, -0.1) is 0 Å². The number of aromatic nitrogens is 1. The molecule has 2 aromatic carbocycles. The van der Waals surface area contributed by atoms with Crippen LogP contribution in [0.5, 0.6) is 11.5 Å². The lowest BCUT2D eigenvalue weighted by Crippen LogP contribution is -2.45. The maximum atomic E-state index is 5.61. The molecule has 5 nitrogen and oxygen atoms in total. The molecule has 1 unspecified atom stereocenters. The third-order valence-corrected chi connectivity index (χ3v) is 5.13. The van der Waals surface area contributed by atoms with Crippen molar-refractivity contribution >= 4 is 10.9 Å². The van der Waals surface area contributed by atoms with Gasteiger partial charge in [0.05, 0.1) is 17.3 Å². The molecular formula is C21H21N3O2. The van der Waals surface area contributed by atoms with E-state index in [1.807, 2.05) is 12.1 Å². The van der Waals surface area contributed by atoms with Crippen LogP contribution in [0.25, 0.3) is 10.9 Å².